The number of aryl methyl sites for hydroxylation is 1. The number of hydrogen-bond donors (Lipinski definition) is 0. The minimum absolute atomic E-state index is 0.0963. The molecule has 0 N–H and O–H groups in total. The zero-order valence-corrected chi connectivity index (χ0v) is 23.9. The van der Waals surface area contributed by atoms with Crippen molar-refractivity contribution in [2.75, 3.05) is 20.8 Å². The molecule has 0 radical (unpaired) electrons. The van der Waals surface area contributed by atoms with Crippen molar-refractivity contribution in [2.45, 2.75) is 26.7 Å². The summed E-state index contributed by atoms with van der Waals surface area (Å²) in [6, 6.07) is 16.8. The van der Waals surface area contributed by atoms with E-state index in [0.717, 1.165) is 26.0 Å². The Morgan fingerprint density at radius 2 is 1.87 bits per heavy atom. The lowest BCUT2D eigenvalue weighted by Crippen LogP contribution is -2.21. The van der Waals surface area contributed by atoms with Gasteiger partial charge in [-0.05, 0) is 88.5 Å². The Morgan fingerprint density at radius 1 is 1.13 bits per heavy atom. The van der Waals surface area contributed by atoms with Gasteiger partial charge in [0.2, 0.25) is 0 Å². The van der Waals surface area contributed by atoms with Gasteiger partial charge in [-0.25, -0.2) is 4.98 Å². The number of methoxy groups -OCH3 is 2. The zero-order chi connectivity index (χ0) is 27.4. The first-order valence-electron chi connectivity index (χ1n) is 11.9. The maximum atomic E-state index is 13.7. The topological polar surface area (TPSA) is 98.7 Å². The maximum Gasteiger partial charge on any atom is 0.282 e. The number of nitrogens with zero attached hydrogens (tertiary/aromatic N) is 4. The van der Waals surface area contributed by atoms with Gasteiger partial charge < -0.3 is 14.2 Å². The molecule has 194 valence electrons. The Morgan fingerprint density at radius 3 is 2.55 bits per heavy atom. The number of halogens is 1. The third-order valence-electron chi connectivity index (χ3n) is 6.05. The number of hydrogen-bond acceptors (Lipinski definition) is 7. The predicted molar refractivity (Wildman–Crippen MR) is 157 cm³/mol. The van der Waals surface area contributed by atoms with Gasteiger partial charge in [0.15, 0.2) is 23.9 Å². The van der Waals surface area contributed by atoms with Crippen molar-refractivity contribution < 1.29 is 14.2 Å². The fraction of sp³-hybridized carbons (Fsp3) is 0.241. The van der Waals surface area contributed by atoms with Crippen LogP contribution in [0.4, 0.5) is 0 Å². The largest absolute Gasteiger partial charge is 0.496 e. The molecule has 4 aromatic rings. The van der Waals surface area contributed by atoms with Gasteiger partial charge in [0, 0.05) is 5.56 Å². The maximum absolute atomic E-state index is 13.7. The van der Waals surface area contributed by atoms with Crippen molar-refractivity contribution in [3.63, 3.8) is 0 Å². The van der Waals surface area contributed by atoms with Gasteiger partial charge in [0.1, 0.15) is 11.8 Å². The summed E-state index contributed by atoms with van der Waals surface area (Å²) in [6.45, 7) is 6.05. The van der Waals surface area contributed by atoms with Crippen LogP contribution in [0.15, 0.2) is 58.4 Å². The first-order valence-corrected chi connectivity index (χ1v) is 13.0. The number of nitriles is 1. The molecule has 0 saturated heterocycles. The van der Waals surface area contributed by atoms with E-state index in [4.69, 9.17) is 24.5 Å². The second kappa shape index (κ2) is 11.6. The molecule has 1 aromatic heterocycles. The molecule has 0 amide bonds. The van der Waals surface area contributed by atoms with Crippen LogP contribution in [0.25, 0.3) is 22.3 Å². The minimum atomic E-state index is -0.279. The van der Waals surface area contributed by atoms with Crippen molar-refractivity contribution in [1.29, 1.82) is 5.26 Å². The van der Waals surface area contributed by atoms with Gasteiger partial charge in [0.05, 0.1) is 34.9 Å². The van der Waals surface area contributed by atoms with Crippen LogP contribution in [-0.2, 0) is 0 Å². The smallest absolute Gasteiger partial charge is 0.282 e. The fourth-order valence-electron chi connectivity index (χ4n) is 4.16. The van der Waals surface area contributed by atoms with E-state index in [1.807, 2.05) is 49.4 Å². The van der Waals surface area contributed by atoms with Gasteiger partial charge in [-0.2, -0.15) is 15.0 Å². The number of ether oxygens (including phenoxy) is 3. The van der Waals surface area contributed by atoms with Crippen molar-refractivity contribution in [2.24, 2.45) is 5.10 Å². The Hall–Kier alpha value is -3.91. The Labute approximate surface area is 234 Å². The summed E-state index contributed by atoms with van der Waals surface area (Å²) in [5, 5.41) is 14.0. The van der Waals surface area contributed by atoms with E-state index in [0.29, 0.717) is 33.8 Å². The molecule has 3 aromatic carbocycles. The highest BCUT2D eigenvalue weighted by atomic mass is 127. The highest BCUT2D eigenvalue weighted by molar-refractivity contribution is 14.1. The summed E-state index contributed by atoms with van der Waals surface area (Å²) in [7, 11) is 3.18. The highest BCUT2D eigenvalue weighted by Crippen LogP contribution is 2.35. The van der Waals surface area contributed by atoms with Crippen LogP contribution in [0, 0.1) is 21.8 Å². The number of rotatable bonds is 8. The molecule has 4 rings (SSSR count). The molecule has 0 aliphatic heterocycles. The van der Waals surface area contributed by atoms with E-state index >= 15 is 0 Å². The Balaban J connectivity index is 1.93. The van der Waals surface area contributed by atoms with Crippen LogP contribution < -0.4 is 19.8 Å². The molecule has 8 nitrogen and oxygen atoms in total. The van der Waals surface area contributed by atoms with E-state index in [-0.39, 0.29) is 18.1 Å². The number of fused-ring (bicyclic) bond motifs is 1. The van der Waals surface area contributed by atoms with Crippen LogP contribution in [-0.4, -0.2) is 36.7 Å². The molecule has 0 bridgehead atoms. The average Bonchev–Trinajstić information content (AvgIpc) is 2.91. The molecule has 0 aliphatic rings. The summed E-state index contributed by atoms with van der Waals surface area (Å²) in [5.74, 6) is 2.37. The van der Waals surface area contributed by atoms with Crippen LogP contribution in [0.2, 0.25) is 0 Å². The van der Waals surface area contributed by atoms with E-state index in [9.17, 15) is 4.79 Å². The number of para-hydroxylation sites is 1. The lowest BCUT2D eigenvalue weighted by atomic mass is 9.96. The van der Waals surface area contributed by atoms with E-state index in [1.54, 1.807) is 25.5 Å². The molecule has 0 atom stereocenters. The van der Waals surface area contributed by atoms with Crippen molar-refractivity contribution in [3.8, 4) is 34.7 Å². The van der Waals surface area contributed by atoms with Crippen molar-refractivity contribution in [1.82, 2.24) is 9.66 Å². The molecule has 0 unspecified atom stereocenters. The summed E-state index contributed by atoms with van der Waals surface area (Å²) in [4.78, 5) is 18.5. The van der Waals surface area contributed by atoms with Crippen LogP contribution in [0.1, 0.15) is 36.5 Å². The molecule has 0 aliphatic carbocycles. The second-order valence-corrected chi connectivity index (χ2v) is 10.0. The van der Waals surface area contributed by atoms with Gasteiger partial charge in [-0.3, -0.25) is 4.79 Å². The van der Waals surface area contributed by atoms with Crippen molar-refractivity contribution >= 4 is 39.7 Å². The molecule has 0 fully saturated rings. The van der Waals surface area contributed by atoms with Crippen molar-refractivity contribution in [3.05, 3.63) is 79.1 Å². The summed E-state index contributed by atoms with van der Waals surface area (Å²) in [6.07, 6.45) is 1.59. The lowest BCUT2D eigenvalue weighted by Gasteiger charge is -2.17. The van der Waals surface area contributed by atoms with Crippen LogP contribution in [0.3, 0.4) is 0 Å². The Kier molecular flexibility index (Phi) is 8.32. The quantitative estimate of drug-likeness (QED) is 0.179. The fourth-order valence-corrected chi connectivity index (χ4v) is 4.94. The minimum Gasteiger partial charge on any atom is -0.496 e. The SMILES string of the molecule is COc1cc(C)c(-c2nc3ccccc3c(=O)n2N=Cc2cc(I)c(OCC#N)c(OC)c2)cc1C(C)C. The third-order valence-corrected chi connectivity index (χ3v) is 6.85. The molecule has 0 saturated carbocycles. The van der Waals surface area contributed by atoms with Crippen LogP contribution in [0.5, 0.6) is 17.2 Å². The zero-order valence-electron chi connectivity index (χ0n) is 21.8. The number of benzene rings is 3. The van der Waals surface area contributed by atoms with Gasteiger partial charge in [-0.15, -0.1) is 0 Å². The standard InChI is InChI=1S/C29H27IN4O4/c1-17(2)21-15-22(18(3)12-25(21)36-4)28-33-24-9-7-6-8-20(24)29(35)34(28)32-16-19-13-23(30)27(38-11-10-31)26(14-19)37-5/h6-9,12-17H,11H2,1-5H3. The first-order chi connectivity index (χ1) is 18.3. The molecular weight excluding hydrogens is 595 g/mol. The summed E-state index contributed by atoms with van der Waals surface area (Å²) in [5.41, 5.74) is 3.72. The normalized spacial score (nSPS) is 11.2. The summed E-state index contributed by atoms with van der Waals surface area (Å²) >= 11 is 2.11. The number of aromatic nitrogens is 2. The monoisotopic (exact) mass is 622 g/mol. The highest BCUT2D eigenvalue weighted by Gasteiger charge is 2.18. The van der Waals surface area contributed by atoms with Gasteiger partial charge in [0.25, 0.3) is 5.56 Å². The van der Waals surface area contributed by atoms with Gasteiger partial charge in [-0.1, -0.05) is 26.0 Å². The molecule has 0 spiro atoms. The molecule has 38 heavy (non-hydrogen) atoms. The molecule has 9 heteroatoms. The average molecular weight is 622 g/mol. The lowest BCUT2D eigenvalue weighted by molar-refractivity contribution is 0.327. The van der Waals surface area contributed by atoms with E-state index in [2.05, 4.69) is 41.5 Å². The van der Waals surface area contributed by atoms with Gasteiger partial charge >= 0.3 is 0 Å². The predicted octanol–water partition coefficient (Wildman–Crippen LogP) is 5.90. The second-order valence-electron chi connectivity index (χ2n) is 8.86. The van der Waals surface area contributed by atoms with Crippen LogP contribution >= 0.6 is 22.6 Å². The third kappa shape index (κ3) is 5.36. The van der Waals surface area contributed by atoms with E-state index in [1.165, 1.54) is 11.8 Å². The Bertz CT molecular complexity index is 1640. The first kappa shape index (κ1) is 27.1. The summed E-state index contributed by atoms with van der Waals surface area (Å²) < 4.78 is 18.7. The molecular formula is C29H27IN4O4. The molecule has 1 heterocycles. The van der Waals surface area contributed by atoms with E-state index < -0.39 is 0 Å².